The molecular formula is C40H32N8O9S2. The number of ether oxygens (including phenoxy) is 1. The van der Waals surface area contributed by atoms with Crippen LogP contribution in [0.25, 0.3) is 32.7 Å². The maximum absolute atomic E-state index is 12.2. The molecular weight excluding hydrogens is 801 g/mol. The first-order chi connectivity index (χ1) is 28.0. The van der Waals surface area contributed by atoms with E-state index < -0.39 is 52.9 Å². The minimum atomic E-state index is -4.81. The van der Waals surface area contributed by atoms with E-state index in [1.54, 1.807) is 55.5 Å². The van der Waals surface area contributed by atoms with Gasteiger partial charge in [0, 0.05) is 28.2 Å². The fourth-order valence-corrected chi connectivity index (χ4v) is 7.40. The van der Waals surface area contributed by atoms with Gasteiger partial charge < -0.3 is 26.4 Å². The molecule has 0 unspecified atom stereocenters. The Hall–Kier alpha value is -7.32. The molecule has 7 aromatic carbocycles. The lowest BCUT2D eigenvalue weighted by atomic mass is 10.1. The van der Waals surface area contributed by atoms with Gasteiger partial charge in [-0.1, -0.05) is 36.4 Å². The summed E-state index contributed by atoms with van der Waals surface area (Å²) in [6, 6.07) is 28.4. The molecule has 298 valence electrons. The summed E-state index contributed by atoms with van der Waals surface area (Å²) in [6.45, 7) is 1.74. The molecule has 7 aromatic rings. The predicted molar refractivity (Wildman–Crippen MR) is 222 cm³/mol. The normalized spacial score (nSPS) is 12.4. The van der Waals surface area contributed by atoms with Gasteiger partial charge in [0.1, 0.15) is 32.6 Å². The van der Waals surface area contributed by atoms with Gasteiger partial charge in [0.2, 0.25) is 0 Å². The van der Waals surface area contributed by atoms with E-state index >= 15 is 0 Å². The smallest absolute Gasteiger partial charge is 0.296 e. The highest BCUT2D eigenvalue weighted by Crippen LogP contribution is 2.44. The summed E-state index contributed by atoms with van der Waals surface area (Å²) in [7, 11) is -8.18. The van der Waals surface area contributed by atoms with E-state index in [4.69, 9.17) is 16.2 Å². The molecule has 0 heterocycles. The number of hydrogen-bond acceptors (Lipinski definition) is 15. The van der Waals surface area contributed by atoms with Crippen molar-refractivity contribution < 1.29 is 40.9 Å². The molecule has 0 aliphatic carbocycles. The molecule has 17 nitrogen and oxygen atoms in total. The number of fused-ring (bicyclic) bond motifs is 2. The van der Waals surface area contributed by atoms with Crippen LogP contribution in [-0.2, 0) is 20.2 Å². The number of methoxy groups -OCH3 is 1. The molecule has 8 N–H and O–H groups in total. The number of aromatic hydroxyl groups is 2. The van der Waals surface area contributed by atoms with Gasteiger partial charge >= 0.3 is 0 Å². The summed E-state index contributed by atoms with van der Waals surface area (Å²) < 4.78 is 73.9. The Labute approximate surface area is 336 Å². The number of phenolic OH excluding ortho intramolecular Hbond substituents is 2. The predicted octanol–water partition coefficient (Wildman–Crippen LogP) is 10.3. The van der Waals surface area contributed by atoms with Crippen LogP contribution in [0.1, 0.15) is 5.56 Å². The second-order valence-corrected chi connectivity index (χ2v) is 15.8. The first kappa shape index (κ1) is 39.9. The highest BCUT2D eigenvalue weighted by molar-refractivity contribution is 7.86. The van der Waals surface area contributed by atoms with Gasteiger partial charge in [-0.3, -0.25) is 9.11 Å². The lowest BCUT2D eigenvalue weighted by molar-refractivity contribution is 0.416. The van der Waals surface area contributed by atoms with Crippen LogP contribution in [0.4, 0.5) is 45.5 Å². The van der Waals surface area contributed by atoms with Crippen LogP contribution in [0.15, 0.2) is 150 Å². The Balaban J connectivity index is 1.09. The second kappa shape index (κ2) is 15.6. The number of aryl methyl sites for hydroxylation is 1. The Bertz CT molecular complexity index is 3140. The highest BCUT2D eigenvalue weighted by Gasteiger charge is 2.24. The van der Waals surface area contributed by atoms with Crippen LogP contribution >= 0.6 is 0 Å². The van der Waals surface area contributed by atoms with Crippen molar-refractivity contribution in [3.05, 3.63) is 115 Å². The average Bonchev–Trinajstić information content (AvgIpc) is 3.19. The molecule has 0 fully saturated rings. The summed E-state index contributed by atoms with van der Waals surface area (Å²) in [5.74, 6) is -0.830. The summed E-state index contributed by atoms with van der Waals surface area (Å²) in [6.07, 6.45) is 0. The van der Waals surface area contributed by atoms with Crippen molar-refractivity contribution in [2.24, 2.45) is 30.7 Å². The van der Waals surface area contributed by atoms with Crippen molar-refractivity contribution in [2.75, 3.05) is 18.6 Å². The van der Waals surface area contributed by atoms with Gasteiger partial charge in [-0.25, -0.2) is 0 Å². The lowest BCUT2D eigenvalue weighted by Gasteiger charge is -2.10. The third kappa shape index (κ3) is 8.38. The van der Waals surface area contributed by atoms with Gasteiger partial charge in [-0.05, 0) is 101 Å². The number of nitrogens with two attached hydrogens (primary N) is 2. The summed E-state index contributed by atoms with van der Waals surface area (Å²) >= 11 is 0. The second-order valence-electron chi connectivity index (χ2n) is 13.1. The van der Waals surface area contributed by atoms with Gasteiger partial charge in [0.05, 0.1) is 24.2 Å². The van der Waals surface area contributed by atoms with Crippen molar-refractivity contribution >= 4 is 87.3 Å². The minimum absolute atomic E-state index is 0.175. The van der Waals surface area contributed by atoms with Crippen LogP contribution in [-0.4, -0.2) is 43.3 Å². The molecule has 19 heteroatoms. The van der Waals surface area contributed by atoms with Crippen molar-refractivity contribution in [3.8, 4) is 28.4 Å². The fourth-order valence-electron chi connectivity index (χ4n) is 6.08. The molecule has 0 spiro atoms. The van der Waals surface area contributed by atoms with E-state index in [9.17, 15) is 36.2 Å². The van der Waals surface area contributed by atoms with Crippen LogP contribution in [0.5, 0.6) is 17.2 Å². The maximum atomic E-state index is 12.2. The first-order valence-electron chi connectivity index (χ1n) is 17.2. The number of azo groups is 3. The van der Waals surface area contributed by atoms with Gasteiger partial charge in [-0.2, -0.15) is 32.2 Å². The number of hydrogen-bond donors (Lipinski definition) is 6. The molecule has 0 radical (unpaired) electrons. The van der Waals surface area contributed by atoms with E-state index in [1.807, 2.05) is 12.1 Å². The van der Waals surface area contributed by atoms with E-state index in [2.05, 4.69) is 30.7 Å². The van der Waals surface area contributed by atoms with Crippen molar-refractivity contribution in [2.45, 2.75) is 16.7 Å². The van der Waals surface area contributed by atoms with Crippen molar-refractivity contribution in [3.63, 3.8) is 0 Å². The average molecular weight is 833 g/mol. The molecule has 0 aliphatic rings. The van der Waals surface area contributed by atoms with Gasteiger partial charge in [-0.15, -0.1) is 15.3 Å². The number of rotatable bonds is 10. The topological polar surface area (TPSA) is 285 Å². The molecule has 0 bridgehead atoms. The van der Waals surface area contributed by atoms with Crippen LogP contribution in [0.3, 0.4) is 0 Å². The molecule has 0 amide bonds. The summed E-state index contributed by atoms with van der Waals surface area (Å²) in [5.41, 5.74) is 15.1. The first-order valence-corrected chi connectivity index (χ1v) is 20.1. The number of nitrogen functional groups attached to an aromatic ring is 2. The molecule has 0 atom stereocenters. The SMILES string of the molecule is COc1cc(N=Nc2ccc(-c3ccc(N=Nc4c(S(=O)(=O)O)cc5ccc(N)cc5c4O)cc3)cc2)c(C)cc1N=Nc1c(S(=O)(=O)O)cc2ccc(N)cc2c1O. The van der Waals surface area contributed by atoms with Crippen molar-refractivity contribution in [1.29, 1.82) is 0 Å². The van der Waals surface area contributed by atoms with E-state index in [-0.39, 0.29) is 22.2 Å². The van der Waals surface area contributed by atoms with Crippen LogP contribution in [0.2, 0.25) is 0 Å². The van der Waals surface area contributed by atoms with E-state index in [1.165, 1.54) is 49.6 Å². The fraction of sp³-hybridized carbons (Fsp3) is 0.0500. The Kier molecular flexibility index (Phi) is 10.5. The third-order valence-electron chi connectivity index (χ3n) is 9.07. The Morgan fingerprint density at radius 3 is 1.39 bits per heavy atom. The number of nitrogens with zero attached hydrogens (tertiary/aromatic N) is 6. The zero-order valence-corrected chi connectivity index (χ0v) is 32.5. The quantitative estimate of drug-likeness (QED) is 0.0428. The van der Waals surface area contributed by atoms with Gasteiger partial charge in [0.25, 0.3) is 20.2 Å². The standard InChI is InChI=1S/C40H32N8O9S2/c1-21-15-33(46-48-38-36(59(54,55)56)17-25-4-10-27(42)19-31(25)40(38)50)34(57-2)20-32(21)45-43-28-11-5-22(6-12-28)23-7-13-29(14-8-23)44-47-37-35(58(51,52)53)16-24-3-9-26(41)18-30(24)39(37)49/h3-20,49-50H,41-42H2,1-2H3,(H,51,52,53)(H,54,55,56). The summed E-state index contributed by atoms with van der Waals surface area (Å²) in [4.78, 5) is -1.25. The lowest BCUT2D eigenvalue weighted by Crippen LogP contribution is -1.99. The molecule has 0 aromatic heterocycles. The minimum Gasteiger partial charge on any atom is -0.505 e. The summed E-state index contributed by atoms with van der Waals surface area (Å²) in [5, 5.41) is 47.7. The monoisotopic (exact) mass is 832 g/mol. The third-order valence-corrected chi connectivity index (χ3v) is 10.8. The van der Waals surface area contributed by atoms with Gasteiger partial charge in [0.15, 0.2) is 11.5 Å². The molecule has 0 aliphatic heterocycles. The number of benzene rings is 7. The van der Waals surface area contributed by atoms with E-state index in [0.717, 1.165) is 17.2 Å². The van der Waals surface area contributed by atoms with Crippen LogP contribution < -0.4 is 16.2 Å². The molecule has 0 saturated heterocycles. The van der Waals surface area contributed by atoms with Crippen LogP contribution in [0, 0.1) is 6.92 Å². The maximum Gasteiger partial charge on any atom is 0.296 e. The zero-order valence-electron chi connectivity index (χ0n) is 30.9. The van der Waals surface area contributed by atoms with Crippen molar-refractivity contribution in [1.82, 2.24) is 0 Å². The molecule has 0 saturated carbocycles. The number of phenols is 2. The highest BCUT2D eigenvalue weighted by atomic mass is 32.2. The zero-order chi connectivity index (χ0) is 42.2. The Morgan fingerprint density at radius 1 is 0.525 bits per heavy atom. The van der Waals surface area contributed by atoms with E-state index in [0.29, 0.717) is 44.8 Å². The number of anilines is 2. The largest absolute Gasteiger partial charge is 0.505 e. The molecule has 59 heavy (non-hydrogen) atoms. The Morgan fingerprint density at radius 2 is 0.949 bits per heavy atom. The molecule has 7 rings (SSSR count).